The molecule has 0 amide bonds. The van der Waals surface area contributed by atoms with Crippen molar-refractivity contribution in [3.8, 4) is 0 Å². The average molecular weight is 310 g/mol. The van der Waals surface area contributed by atoms with Crippen LogP contribution in [0.5, 0.6) is 0 Å². The molecule has 1 atom stereocenters. The van der Waals surface area contributed by atoms with Gasteiger partial charge in [-0.2, -0.15) is 13.2 Å². The van der Waals surface area contributed by atoms with E-state index in [9.17, 15) is 18.0 Å². The first-order valence-corrected chi connectivity index (χ1v) is 6.47. The Morgan fingerprint density at radius 3 is 2.55 bits per heavy atom. The van der Waals surface area contributed by atoms with E-state index in [1.165, 1.54) is 12.1 Å². The second-order valence-electron chi connectivity index (χ2n) is 4.04. The zero-order valence-electron chi connectivity index (χ0n) is 11.1. The van der Waals surface area contributed by atoms with Gasteiger partial charge in [-0.15, -0.1) is 0 Å². The summed E-state index contributed by atoms with van der Waals surface area (Å²) in [6.45, 7) is 3.48. The van der Waals surface area contributed by atoms with Crippen molar-refractivity contribution >= 4 is 23.3 Å². The monoisotopic (exact) mass is 309 g/mol. The van der Waals surface area contributed by atoms with Crippen LogP contribution in [-0.4, -0.2) is 18.6 Å². The Bertz CT molecular complexity index is 477. The first-order valence-electron chi connectivity index (χ1n) is 6.09. The zero-order chi connectivity index (χ0) is 15.3. The molecule has 0 aromatic heterocycles. The van der Waals surface area contributed by atoms with Gasteiger partial charge in [0.15, 0.2) is 0 Å². The number of nitrogens with one attached hydrogen (secondary N) is 1. The van der Waals surface area contributed by atoms with Crippen LogP contribution in [0.4, 0.5) is 18.9 Å². The number of alkyl halides is 3. The molecule has 0 radical (unpaired) electrons. The minimum absolute atomic E-state index is 0.0212. The normalized spacial score (nSPS) is 12.9. The summed E-state index contributed by atoms with van der Waals surface area (Å²) >= 11 is 5.59. The highest BCUT2D eigenvalue weighted by atomic mass is 35.5. The first-order chi connectivity index (χ1) is 9.29. The van der Waals surface area contributed by atoms with Crippen molar-refractivity contribution in [3.63, 3.8) is 0 Å². The van der Waals surface area contributed by atoms with Crippen LogP contribution in [-0.2, 0) is 15.7 Å². The smallest absolute Gasteiger partial charge is 0.418 e. The number of benzene rings is 1. The summed E-state index contributed by atoms with van der Waals surface area (Å²) in [5, 5.41) is 2.54. The van der Waals surface area contributed by atoms with Gasteiger partial charge in [0.25, 0.3) is 0 Å². The predicted molar refractivity (Wildman–Crippen MR) is 70.8 cm³/mol. The van der Waals surface area contributed by atoms with Crippen LogP contribution in [0.2, 0.25) is 5.02 Å². The predicted octanol–water partition coefficient (Wildman–Crippen LogP) is 4.11. The molecule has 0 saturated carbocycles. The maximum Gasteiger partial charge on any atom is 0.418 e. The van der Waals surface area contributed by atoms with Gasteiger partial charge in [-0.1, -0.05) is 18.5 Å². The van der Waals surface area contributed by atoms with Gasteiger partial charge in [-0.3, -0.25) is 0 Å². The second kappa shape index (κ2) is 6.83. The number of ether oxygens (including phenoxy) is 1. The molecule has 20 heavy (non-hydrogen) atoms. The average Bonchev–Trinajstić information content (AvgIpc) is 2.36. The number of esters is 1. The third kappa shape index (κ3) is 4.30. The molecular weight excluding hydrogens is 295 g/mol. The van der Waals surface area contributed by atoms with Crippen LogP contribution < -0.4 is 5.32 Å². The van der Waals surface area contributed by atoms with Crippen LogP contribution >= 0.6 is 11.6 Å². The van der Waals surface area contributed by atoms with Gasteiger partial charge in [0.1, 0.15) is 6.04 Å². The number of hydrogen-bond acceptors (Lipinski definition) is 3. The van der Waals surface area contributed by atoms with Gasteiger partial charge in [0.2, 0.25) is 0 Å². The van der Waals surface area contributed by atoms with Crippen molar-refractivity contribution in [2.24, 2.45) is 0 Å². The Hall–Kier alpha value is -1.43. The summed E-state index contributed by atoms with van der Waals surface area (Å²) in [5.74, 6) is -0.585. The number of carbonyl (C=O) groups is 1. The molecule has 0 aliphatic carbocycles. The molecule has 112 valence electrons. The highest BCUT2D eigenvalue weighted by Gasteiger charge is 2.34. The van der Waals surface area contributed by atoms with Crippen molar-refractivity contribution < 1.29 is 22.7 Å². The summed E-state index contributed by atoms with van der Waals surface area (Å²) < 4.78 is 43.6. The molecule has 1 rings (SSSR count). The van der Waals surface area contributed by atoms with Crippen molar-refractivity contribution in [3.05, 3.63) is 28.8 Å². The number of hydrogen-bond donors (Lipinski definition) is 1. The maximum atomic E-state index is 12.9. The lowest BCUT2D eigenvalue weighted by Crippen LogP contribution is -2.31. The van der Waals surface area contributed by atoms with Gasteiger partial charge >= 0.3 is 12.1 Å². The molecule has 1 unspecified atom stereocenters. The van der Waals surface area contributed by atoms with Crippen LogP contribution in [0.15, 0.2) is 18.2 Å². The van der Waals surface area contributed by atoms with Gasteiger partial charge in [0, 0.05) is 10.7 Å². The van der Waals surface area contributed by atoms with E-state index in [2.05, 4.69) is 5.32 Å². The molecule has 0 fully saturated rings. The van der Waals surface area contributed by atoms with Crippen molar-refractivity contribution in [1.82, 2.24) is 0 Å². The van der Waals surface area contributed by atoms with Crippen molar-refractivity contribution in [1.29, 1.82) is 0 Å². The molecular formula is C13H15ClF3NO2. The lowest BCUT2D eigenvalue weighted by Gasteiger charge is -2.20. The molecule has 1 aromatic carbocycles. The Balaban J connectivity index is 3.04. The molecule has 1 aromatic rings. The lowest BCUT2D eigenvalue weighted by molar-refractivity contribution is -0.144. The van der Waals surface area contributed by atoms with Gasteiger partial charge in [-0.25, -0.2) is 4.79 Å². The number of rotatable bonds is 5. The Kier molecular flexibility index (Phi) is 5.68. The number of anilines is 1. The molecule has 1 N–H and O–H groups in total. The third-order valence-corrected chi connectivity index (χ3v) is 2.83. The summed E-state index contributed by atoms with van der Waals surface area (Å²) in [6, 6.07) is 2.52. The van der Waals surface area contributed by atoms with E-state index in [0.29, 0.717) is 6.42 Å². The minimum Gasteiger partial charge on any atom is -0.464 e. The van der Waals surface area contributed by atoms with E-state index in [-0.39, 0.29) is 17.3 Å². The highest BCUT2D eigenvalue weighted by Crippen LogP contribution is 2.36. The molecule has 0 spiro atoms. The van der Waals surface area contributed by atoms with E-state index < -0.39 is 23.8 Å². The van der Waals surface area contributed by atoms with E-state index in [4.69, 9.17) is 16.3 Å². The Morgan fingerprint density at radius 2 is 2.05 bits per heavy atom. The van der Waals surface area contributed by atoms with E-state index in [0.717, 1.165) is 6.07 Å². The standard InChI is InChI=1S/C13H15ClF3NO2/c1-3-10(12(19)20-4-2)18-11-6-5-8(14)7-9(11)13(15,16)17/h5-7,10,18H,3-4H2,1-2H3. The second-order valence-corrected chi connectivity index (χ2v) is 4.48. The minimum atomic E-state index is -4.56. The topological polar surface area (TPSA) is 38.3 Å². The van der Waals surface area contributed by atoms with E-state index in [1.807, 2.05) is 0 Å². The molecule has 0 bridgehead atoms. The van der Waals surface area contributed by atoms with Crippen LogP contribution in [0.25, 0.3) is 0 Å². The Morgan fingerprint density at radius 1 is 1.40 bits per heavy atom. The third-order valence-electron chi connectivity index (χ3n) is 2.60. The number of carbonyl (C=O) groups excluding carboxylic acids is 1. The molecule has 7 heteroatoms. The molecule has 0 aliphatic rings. The fraction of sp³-hybridized carbons (Fsp3) is 0.462. The maximum absolute atomic E-state index is 12.9. The fourth-order valence-electron chi connectivity index (χ4n) is 1.64. The molecule has 0 saturated heterocycles. The van der Waals surface area contributed by atoms with E-state index in [1.54, 1.807) is 13.8 Å². The van der Waals surface area contributed by atoms with Gasteiger partial charge in [-0.05, 0) is 31.5 Å². The van der Waals surface area contributed by atoms with Crippen molar-refractivity contribution in [2.45, 2.75) is 32.5 Å². The SMILES string of the molecule is CCOC(=O)C(CC)Nc1ccc(Cl)cc1C(F)(F)F. The van der Waals surface area contributed by atoms with Crippen LogP contribution in [0.1, 0.15) is 25.8 Å². The Labute approximate surface area is 120 Å². The molecule has 0 heterocycles. The van der Waals surface area contributed by atoms with Crippen LogP contribution in [0.3, 0.4) is 0 Å². The zero-order valence-corrected chi connectivity index (χ0v) is 11.8. The van der Waals surface area contributed by atoms with Crippen LogP contribution in [0, 0.1) is 0 Å². The summed E-state index contributed by atoms with van der Waals surface area (Å²) in [7, 11) is 0. The largest absolute Gasteiger partial charge is 0.464 e. The quantitative estimate of drug-likeness (QED) is 0.832. The van der Waals surface area contributed by atoms with Gasteiger partial charge in [0.05, 0.1) is 12.2 Å². The molecule has 0 aliphatic heterocycles. The highest BCUT2D eigenvalue weighted by molar-refractivity contribution is 6.30. The van der Waals surface area contributed by atoms with E-state index >= 15 is 0 Å². The summed E-state index contributed by atoms with van der Waals surface area (Å²) in [4.78, 5) is 11.6. The van der Waals surface area contributed by atoms with Gasteiger partial charge < -0.3 is 10.1 Å². The fourth-order valence-corrected chi connectivity index (χ4v) is 1.81. The summed E-state index contributed by atoms with van der Waals surface area (Å²) in [5.41, 5.74) is -1.10. The lowest BCUT2D eigenvalue weighted by atomic mass is 10.1. The first kappa shape index (κ1) is 16.6. The van der Waals surface area contributed by atoms with Crippen molar-refractivity contribution in [2.75, 3.05) is 11.9 Å². The number of halogens is 4. The molecule has 3 nitrogen and oxygen atoms in total. The summed E-state index contributed by atoms with van der Waals surface area (Å²) in [6.07, 6.45) is -4.25.